The molecule has 0 spiro atoms. The number of anilines is 1. The summed E-state index contributed by atoms with van der Waals surface area (Å²) in [6, 6.07) is 7.45. The number of hydrogen-bond acceptors (Lipinski definition) is 8. The molecule has 1 aliphatic rings. The van der Waals surface area contributed by atoms with Crippen molar-refractivity contribution in [1.29, 1.82) is 0 Å². The predicted molar refractivity (Wildman–Crippen MR) is 127 cm³/mol. The van der Waals surface area contributed by atoms with Gasteiger partial charge in [-0.2, -0.15) is 18.2 Å². The van der Waals surface area contributed by atoms with Crippen LogP contribution < -0.4 is 26.3 Å². The van der Waals surface area contributed by atoms with Crippen LogP contribution in [-0.4, -0.2) is 68.2 Å². The van der Waals surface area contributed by atoms with E-state index < -0.39 is 29.4 Å². The van der Waals surface area contributed by atoms with Gasteiger partial charge in [-0.15, -0.1) is 0 Å². The van der Waals surface area contributed by atoms with E-state index in [1.165, 1.54) is 14.0 Å². The lowest BCUT2D eigenvalue weighted by molar-refractivity contribution is -0.192. The monoisotopic (exact) mass is 524 g/mol. The zero-order valence-electron chi connectivity index (χ0n) is 19.8. The molecule has 0 unspecified atom stereocenters. The lowest BCUT2D eigenvalue weighted by atomic mass is 10.1. The maximum Gasteiger partial charge on any atom is 0.490 e. The van der Waals surface area contributed by atoms with Crippen LogP contribution in [0.25, 0.3) is 22.9 Å². The molecule has 0 atom stereocenters. The van der Waals surface area contributed by atoms with Crippen LogP contribution in [0, 0.1) is 0 Å². The zero-order chi connectivity index (χ0) is 27.5. The predicted octanol–water partition coefficient (Wildman–Crippen LogP) is 0.547. The summed E-state index contributed by atoms with van der Waals surface area (Å²) in [5.41, 5.74) is 0.295. The van der Waals surface area contributed by atoms with Crippen LogP contribution in [0.4, 0.5) is 19.1 Å². The lowest BCUT2D eigenvalue weighted by Crippen LogP contribution is -2.44. The van der Waals surface area contributed by atoms with Gasteiger partial charge in [0.25, 0.3) is 5.56 Å². The van der Waals surface area contributed by atoms with Gasteiger partial charge in [-0.1, -0.05) is 35.6 Å². The molecule has 0 saturated carbocycles. The third kappa shape index (κ3) is 5.55. The minimum absolute atomic E-state index is 0.00861. The number of aromatic nitrogens is 4. The number of carboxylic acid groups (broad SMARTS) is 1. The van der Waals surface area contributed by atoms with Gasteiger partial charge >= 0.3 is 23.8 Å². The van der Waals surface area contributed by atoms with Crippen molar-refractivity contribution in [2.24, 2.45) is 7.05 Å². The van der Waals surface area contributed by atoms with E-state index in [9.17, 15) is 27.6 Å². The SMILES string of the molecule is C=Cc1ccccc1-n1c(N2CCNCC2)nc2c1c(=O)n(C)c(=O)n2OC(C)=O.O=C(O)C(F)(F)F. The Morgan fingerprint density at radius 3 is 2.32 bits per heavy atom. The van der Waals surface area contributed by atoms with E-state index in [0.29, 0.717) is 24.7 Å². The van der Waals surface area contributed by atoms with E-state index in [-0.39, 0.29) is 11.2 Å². The molecule has 2 N–H and O–H groups in total. The van der Waals surface area contributed by atoms with Crippen molar-refractivity contribution in [1.82, 2.24) is 24.2 Å². The van der Waals surface area contributed by atoms with Crippen molar-refractivity contribution < 1.29 is 32.7 Å². The molecule has 4 rings (SSSR count). The number of hydrogen-bond donors (Lipinski definition) is 2. The number of carboxylic acids is 1. The number of halogens is 3. The Morgan fingerprint density at radius 1 is 1.19 bits per heavy atom. The van der Waals surface area contributed by atoms with Gasteiger partial charge in [0, 0.05) is 40.2 Å². The van der Waals surface area contributed by atoms with Gasteiger partial charge < -0.3 is 20.2 Å². The van der Waals surface area contributed by atoms with Gasteiger partial charge in [0.05, 0.1) is 5.69 Å². The summed E-state index contributed by atoms with van der Waals surface area (Å²) in [5.74, 6) is -2.96. The van der Waals surface area contributed by atoms with Crippen molar-refractivity contribution in [2.45, 2.75) is 13.1 Å². The van der Waals surface area contributed by atoms with E-state index in [0.717, 1.165) is 28.0 Å². The van der Waals surface area contributed by atoms with Gasteiger partial charge in [-0.25, -0.2) is 14.4 Å². The summed E-state index contributed by atoms with van der Waals surface area (Å²) in [6.07, 6.45) is -3.39. The summed E-state index contributed by atoms with van der Waals surface area (Å²) in [7, 11) is 1.34. The van der Waals surface area contributed by atoms with E-state index in [2.05, 4.69) is 16.9 Å². The van der Waals surface area contributed by atoms with E-state index in [4.69, 9.17) is 14.7 Å². The first kappa shape index (κ1) is 27.2. The highest BCUT2D eigenvalue weighted by Gasteiger charge is 2.38. The second-order valence-corrected chi connectivity index (χ2v) is 7.75. The molecule has 37 heavy (non-hydrogen) atoms. The number of para-hydroxylation sites is 1. The molecule has 15 heteroatoms. The minimum atomic E-state index is -5.08. The molecule has 0 aliphatic carbocycles. The summed E-state index contributed by atoms with van der Waals surface area (Å²) < 4.78 is 35.1. The molecule has 1 aliphatic heterocycles. The van der Waals surface area contributed by atoms with Gasteiger partial charge in [-0.3, -0.25) is 13.9 Å². The average Bonchev–Trinajstić information content (AvgIpc) is 3.26. The summed E-state index contributed by atoms with van der Waals surface area (Å²) >= 11 is 0. The molecule has 3 heterocycles. The van der Waals surface area contributed by atoms with Crippen molar-refractivity contribution in [3.63, 3.8) is 0 Å². The Balaban J connectivity index is 0.000000479. The van der Waals surface area contributed by atoms with Crippen molar-refractivity contribution >= 4 is 35.1 Å². The third-order valence-corrected chi connectivity index (χ3v) is 5.26. The Hall–Kier alpha value is -4.40. The first-order chi connectivity index (χ1) is 17.4. The molecule has 3 aromatic rings. The number of benzene rings is 1. The Labute approximate surface area is 206 Å². The molecule has 2 aromatic heterocycles. The minimum Gasteiger partial charge on any atom is -0.475 e. The Kier molecular flexibility index (Phi) is 7.86. The lowest BCUT2D eigenvalue weighted by Gasteiger charge is -2.29. The van der Waals surface area contributed by atoms with Crippen LogP contribution in [0.2, 0.25) is 0 Å². The van der Waals surface area contributed by atoms with Crippen LogP contribution in [0.3, 0.4) is 0 Å². The zero-order valence-corrected chi connectivity index (χ0v) is 19.8. The smallest absolute Gasteiger partial charge is 0.475 e. The molecule has 12 nitrogen and oxygen atoms in total. The molecular weight excluding hydrogens is 501 g/mol. The summed E-state index contributed by atoms with van der Waals surface area (Å²) in [4.78, 5) is 58.1. The highest BCUT2D eigenvalue weighted by Crippen LogP contribution is 2.27. The number of piperazine rings is 1. The average molecular weight is 524 g/mol. The fourth-order valence-corrected chi connectivity index (χ4v) is 3.58. The van der Waals surface area contributed by atoms with Gasteiger partial charge in [-0.05, 0) is 11.6 Å². The number of fused-ring (bicyclic) bond motifs is 1. The molecule has 0 radical (unpaired) electrons. The number of alkyl halides is 3. The van der Waals surface area contributed by atoms with E-state index in [1.54, 1.807) is 10.6 Å². The largest absolute Gasteiger partial charge is 0.490 e. The highest BCUT2D eigenvalue weighted by atomic mass is 19.4. The summed E-state index contributed by atoms with van der Waals surface area (Å²) in [6.45, 7) is 7.89. The second kappa shape index (κ2) is 10.7. The maximum absolute atomic E-state index is 13.2. The van der Waals surface area contributed by atoms with Crippen LogP contribution >= 0.6 is 0 Å². The standard InChI is InChI=1S/C20H22N6O4.C2HF3O2/c1-4-14-7-5-6-8-15(14)25-16-17(22-19(25)24-11-9-21-10-12-24)26(30-13(2)27)20(29)23(3)18(16)28;3-2(4,5)1(6)7/h4-8,21H,1,9-12H2,2-3H3;(H,6,7). The first-order valence-electron chi connectivity index (χ1n) is 10.8. The summed E-state index contributed by atoms with van der Waals surface area (Å²) in [5, 5.41) is 10.4. The first-order valence-corrected chi connectivity index (χ1v) is 10.8. The molecule has 0 bridgehead atoms. The number of carbonyl (C=O) groups is 2. The Morgan fingerprint density at radius 2 is 1.78 bits per heavy atom. The number of imidazole rings is 1. The number of nitrogens with zero attached hydrogens (tertiary/aromatic N) is 5. The van der Waals surface area contributed by atoms with Crippen LogP contribution in [-0.2, 0) is 16.6 Å². The van der Waals surface area contributed by atoms with Crippen molar-refractivity contribution in [3.8, 4) is 5.69 Å². The number of rotatable bonds is 4. The van der Waals surface area contributed by atoms with Crippen LogP contribution in [0.5, 0.6) is 0 Å². The van der Waals surface area contributed by atoms with Crippen molar-refractivity contribution in [2.75, 3.05) is 31.1 Å². The van der Waals surface area contributed by atoms with E-state index >= 15 is 0 Å². The van der Waals surface area contributed by atoms with Gasteiger partial charge in [0.2, 0.25) is 11.6 Å². The highest BCUT2D eigenvalue weighted by molar-refractivity contribution is 5.80. The van der Waals surface area contributed by atoms with Crippen LogP contribution in [0.1, 0.15) is 12.5 Å². The van der Waals surface area contributed by atoms with Crippen LogP contribution in [0.15, 0.2) is 40.4 Å². The Bertz CT molecular complexity index is 1470. The molecule has 1 saturated heterocycles. The second-order valence-electron chi connectivity index (χ2n) is 7.75. The molecule has 198 valence electrons. The molecular formula is C22H23F3N6O6. The van der Waals surface area contributed by atoms with E-state index in [1.807, 2.05) is 29.2 Å². The topological polar surface area (TPSA) is 141 Å². The maximum atomic E-state index is 13.2. The third-order valence-electron chi connectivity index (χ3n) is 5.26. The molecule has 1 fully saturated rings. The quantitative estimate of drug-likeness (QED) is 0.501. The molecule has 1 aromatic carbocycles. The number of aliphatic carboxylic acids is 1. The number of nitrogens with one attached hydrogen (secondary N) is 1. The number of carbonyl (C=O) groups excluding carboxylic acids is 1. The molecule has 0 amide bonds. The fraction of sp³-hybridized carbons (Fsp3) is 0.318. The normalized spacial score (nSPS) is 13.6. The van der Waals surface area contributed by atoms with Gasteiger partial charge in [0.15, 0.2) is 5.52 Å². The van der Waals surface area contributed by atoms with Gasteiger partial charge in [0.1, 0.15) is 0 Å². The van der Waals surface area contributed by atoms with Crippen molar-refractivity contribution in [3.05, 3.63) is 57.2 Å². The fourth-order valence-electron chi connectivity index (χ4n) is 3.58.